The van der Waals surface area contributed by atoms with Gasteiger partial charge >= 0.3 is 0 Å². The molecule has 0 heterocycles. The zero-order chi connectivity index (χ0) is 12.3. The Bertz CT molecular complexity index is 512. The van der Waals surface area contributed by atoms with Gasteiger partial charge in [-0.1, -0.05) is 42.4 Å². The lowest BCUT2D eigenvalue weighted by molar-refractivity contribution is 0.627. The normalized spacial score (nSPS) is 10.2. The molecule has 0 aliphatic heterocycles. The molecule has 86 valence electrons. The third kappa shape index (κ3) is 3.18. The lowest BCUT2D eigenvalue weighted by Gasteiger charge is -2.06. The van der Waals surface area contributed by atoms with Gasteiger partial charge in [0.15, 0.2) is 0 Å². The molecule has 2 rings (SSSR count). The number of hydrogen-bond donors (Lipinski definition) is 0. The summed E-state index contributed by atoms with van der Waals surface area (Å²) in [5.41, 5.74) is 3.07. The van der Waals surface area contributed by atoms with Crippen LogP contribution in [0.2, 0.25) is 5.02 Å². The minimum absolute atomic E-state index is 0.229. The summed E-state index contributed by atoms with van der Waals surface area (Å²) in [7, 11) is 0. The van der Waals surface area contributed by atoms with Crippen LogP contribution in [-0.2, 0) is 6.42 Å². The highest BCUT2D eigenvalue weighted by Gasteiger charge is 2.01. The van der Waals surface area contributed by atoms with Crippen molar-refractivity contribution in [2.45, 2.75) is 6.42 Å². The molecule has 0 fully saturated rings. The fourth-order valence-corrected chi connectivity index (χ4v) is 1.76. The van der Waals surface area contributed by atoms with Crippen molar-refractivity contribution >= 4 is 17.2 Å². The maximum absolute atomic E-state index is 12.8. The zero-order valence-electron chi connectivity index (χ0n) is 9.29. The SMILES string of the molecule is C=C(Cc1ccc(Cl)cc1)c1ccc(F)cc1. The average Bonchev–Trinajstić information content (AvgIpc) is 2.33. The van der Waals surface area contributed by atoms with E-state index >= 15 is 0 Å². The van der Waals surface area contributed by atoms with Gasteiger partial charge < -0.3 is 0 Å². The molecule has 0 bridgehead atoms. The fourth-order valence-electron chi connectivity index (χ4n) is 1.64. The minimum Gasteiger partial charge on any atom is -0.207 e. The fraction of sp³-hybridized carbons (Fsp3) is 0.0667. The topological polar surface area (TPSA) is 0 Å². The molecule has 0 unspecified atom stereocenters. The van der Waals surface area contributed by atoms with E-state index in [2.05, 4.69) is 6.58 Å². The number of benzene rings is 2. The van der Waals surface area contributed by atoms with E-state index in [1.54, 1.807) is 12.1 Å². The van der Waals surface area contributed by atoms with Gasteiger partial charge in [0.05, 0.1) is 0 Å². The van der Waals surface area contributed by atoms with Crippen LogP contribution in [0.15, 0.2) is 55.1 Å². The van der Waals surface area contributed by atoms with Crippen LogP contribution in [0.4, 0.5) is 4.39 Å². The summed E-state index contributed by atoms with van der Waals surface area (Å²) >= 11 is 5.82. The molecule has 0 nitrogen and oxygen atoms in total. The summed E-state index contributed by atoms with van der Waals surface area (Å²) in [6.07, 6.45) is 0.739. The van der Waals surface area contributed by atoms with Crippen LogP contribution in [0.25, 0.3) is 5.57 Å². The second-order valence-corrected chi connectivity index (χ2v) is 4.35. The standard InChI is InChI=1S/C15H12ClF/c1-11(13-4-8-15(17)9-5-13)10-12-2-6-14(16)7-3-12/h2-9H,1,10H2. The van der Waals surface area contributed by atoms with Gasteiger partial charge in [-0.2, -0.15) is 0 Å². The Balaban J connectivity index is 2.11. The molecular weight excluding hydrogens is 235 g/mol. The summed E-state index contributed by atoms with van der Waals surface area (Å²) in [5, 5.41) is 0.723. The van der Waals surface area contributed by atoms with E-state index in [9.17, 15) is 4.39 Å². The van der Waals surface area contributed by atoms with Crippen molar-refractivity contribution in [1.29, 1.82) is 0 Å². The average molecular weight is 247 g/mol. The largest absolute Gasteiger partial charge is 0.207 e. The van der Waals surface area contributed by atoms with E-state index in [4.69, 9.17) is 11.6 Å². The van der Waals surface area contributed by atoms with Crippen LogP contribution in [0.5, 0.6) is 0 Å². The molecule has 0 saturated heterocycles. The van der Waals surface area contributed by atoms with Crippen molar-refractivity contribution in [3.63, 3.8) is 0 Å². The maximum atomic E-state index is 12.8. The first-order chi connectivity index (χ1) is 8.15. The quantitative estimate of drug-likeness (QED) is 0.734. The van der Waals surface area contributed by atoms with Crippen LogP contribution in [0.1, 0.15) is 11.1 Å². The van der Waals surface area contributed by atoms with Gasteiger partial charge in [0.2, 0.25) is 0 Å². The van der Waals surface area contributed by atoms with Crippen molar-refractivity contribution in [2.75, 3.05) is 0 Å². The number of allylic oxidation sites excluding steroid dienone is 1. The second kappa shape index (κ2) is 5.15. The molecule has 17 heavy (non-hydrogen) atoms. The van der Waals surface area contributed by atoms with Gasteiger partial charge in [0.25, 0.3) is 0 Å². The molecule has 0 saturated carbocycles. The van der Waals surface area contributed by atoms with Crippen molar-refractivity contribution in [3.05, 3.63) is 77.1 Å². The van der Waals surface area contributed by atoms with Gasteiger partial charge in [-0.25, -0.2) is 4.39 Å². The Morgan fingerprint density at radius 3 is 2.18 bits per heavy atom. The Hall–Kier alpha value is -1.60. The summed E-state index contributed by atoms with van der Waals surface area (Å²) in [5.74, 6) is -0.229. The third-order valence-electron chi connectivity index (χ3n) is 2.58. The van der Waals surface area contributed by atoms with Crippen molar-refractivity contribution in [2.24, 2.45) is 0 Å². The molecule has 0 atom stereocenters. The Morgan fingerprint density at radius 1 is 1.00 bits per heavy atom. The molecule has 0 N–H and O–H groups in total. The van der Waals surface area contributed by atoms with Crippen molar-refractivity contribution < 1.29 is 4.39 Å². The zero-order valence-corrected chi connectivity index (χ0v) is 10.0. The van der Waals surface area contributed by atoms with Crippen LogP contribution >= 0.6 is 11.6 Å². The monoisotopic (exact) mass is 246 g/mol. The Kier molecular flexibility index (Phi) is 3.60. The lowest BCUT2D eigenvalue weighted by atomic mass is 10.00. The Morgan fingerprint density at radius 2 is 1.59 bits per heavy atom. The van der Waals surface area contributed by atoms with Crippen LogP contribution in [0.3, 0.4) is 0 Å². The van der Waals surface area contributed by atoms with E-state index in [0.29, 0.717) is 0 Å². The van der Waals surface area contributed by atoms with Gasteiger partial charge in [-0.05, 0) is 47.4 Å². The highest BCUT2D eigenvalue weighted by molar-refractivity contribution is 6.30. The number of rotatable bonds is 3. The summed E-state index contributed by atoms with van der Waals surface area (Å²) < 4.78 is 12.8. The van der Waals surface area contributed by atoms with E-state index < -0.39 is 0 Å². The maximum Gasteiger partial charge on any atom is 0.123 e. The molecule has 0 aliphatic carbocycles. The first kappa shape index (κ1) is 11.9. The molecule has 0 radical (unpaired) electrons. The van der Waals surface area contributed by atoms with E-state index in [0.717, 1.165) is 28.1 Å². The third-order valence-corrected chi connectivity index (χ3v) is 2.84. The molecular formula is C15H12ClF. The second-order valence-electron chi connectivity index (χ2n) is 3.91. The predicted octanol–water partition coefficient (Wildman–Crippen LogP) is 4.74. The summed E-state index contributed by atoms with van der Waals surface area (Å²) in [4.78, 5) is 0. The predicted molar refractivity (Wildman–Crippen MR) is 70.6 cm³/mol. The summed E-state index contributed by atoms with van der Waals surface area (Å²) in [6.45, 7) is 4.02. The van der Waals surface area contributed by atoms with Crippen LogP contribution in [0, 0.1) is 5.82 Å². The van der Waals surface area contributed by atoms with Crippen LogP contribution < -0.4 is 0 Å². The first-order valence-corrected chi connectivity index (χ1v) is 5.71. The van der Waals surface area contributed by atoms with E-state index in [-0.39, 0.29) is 5.82 Å². The van der Waals surface area contributed by atoms with E-state index in [1.807, 2.05) is 24.3 Å². The molecule has 2 aromatic rings. The molecule has 2 heteroatoms. The first-order valence-electron chi connectivity index (χ1n) is 5.33. The number of halogens is 2. The van der Waals surface area contributed by atoms with Crippen molar-refractivity contribution in [3.8, 4) is 0 Å². The van der Waals surface area contributed by atoms with E-state index in [1.165, 1.54) is 12.1 Å². The molecule has 0 aliphatic rings. The van der Waals surface area contributed by atoms with Gasteiger partial charge in [0, 0.05) is 5.02 Å². The lowest BCUT2D eigenvalue weighted by Crippen LogP contribution is -1.89. The Labute approximate surface area is 105 Å². The highest BCUT2D eigenvalue weighted by atomic mass is 35.5. The van der Waals surface area contributed by atoms with Crippen LogP contribution in [-0.4, -0.2) is 0 Å². The van der Waals surface area contributed by atoms with Gasteiger partial charge in [0.1, 0.15) is 5.82 Å². The van der Waals surface area contributed by atoms with Gasteiger partial charge in [-0.3, -0.25) is 0 Å². The number of hydrogen-bond acceptors (Lipinski definition) is 0. The molecule has 2 aromatic carbocycles. The van der Waals surface area contributed by atoms with Gasteiger partial charge in [-0.15, -0.1) is 0 Å². The summed E-state index contributed by atoms with van der Waals surface area (Å²) in [6, 6.07) is 14.0. The minimum atomic E-state index is -0.229. The van der Waals surface area contributed by atoms with Crippen molar-refractivity contribution in [1.82, 2.24) is 0 Å². The highest BCUT2D eigenvalue weighted by Crippen LogP contribution is 2.19. The molecule has 0 aromatic heterocycles. The smallest absolute Gasteiger partial charge is 0.123 e. The molecule has 0 amide bonds. The molecule has 0 spiro atoms.